The minimum absolute atomic E-state index is 0.00539. The van der Waals surface area contributed by atoms with Gasteiger partial charge in [0.05, 0.1) is 4.88 Å². The second-order valence-electron chi connectivity index (χ2n) is 5.13. The maximum atomic E-state index is 13.0. The lowest BCUT2D eigenvalue weighted by atomic mass is 10.1. The highest BCUT2D eigenvalue weighted by Crippen LogP contribution is 2.33. The number of amides is 1. The van der Waals surface area contributed by atoms with Crippen molar-refractivity contribution in [2.24, 2.45) is 5.73 Å². The van der Waals surface area contributed by atoms with Gasteiger partial charge in [0.15, 0.2) is 0 Å². The quantitative estimate of drug-likeness (QED) is 0.942. The molecule has 1 aromatic heterocycles. The zero-order valence-corrected chi connectivity index (χ0v) is 13.2. The van der Waals surface area contributed by atoms with Gasteiger partial charge in [-0.3, -0.25) is 4.79 Å². The van der Waals surface area contributed by atoms with Crippen LogP contribution in [-0.4, -0.2) is 30.4 Å². The van der Waals surface area contributed by atoms with Gasteiger partial charge in [0.25, 0.3) is 5.91 Å². The van der Waals surface area contributed by atoms with E-state index in [2.05, 4.69) is 0 Å². The van der Waals surface area contributed by atoms with Crippen molar-refractivity contribution in [3.05, 3.63) is 46.6 Å². The number of aryl methyl sites for hydroxylation is 1. The van der Waals surface area contributed by atoms with Gasteiger partial charge in [0.2, 0.25) is 0 Å². The highest BCUT2D eigenvalue weighted by Gasteiger charge is 2.20. The Balaban J connectivity index is 2.31. The Labute approximate surface area is 128 Å². The van der Waals surface area contributed by atoms with Crippen LogP contribution >= 0.6 is 11.3 Å². The van der Waals surface area contributed by atoms with Crippen molar-refractivity contribution in [2.45, 2.75) is 19.9 Å². The summed E-state index contributed by atoms with van der Waals surface area (Å²) in [6.45, 7) is 4.30. The van der Waals surface area contributed by atoms with E-state index < -0.39 is 0 Å². The van der Waals surface area contributed by atoms with Crippen molar-refractivity contribution >= 4 is 17.2 Å². The molecule has 112 valence electrons. The van der Waals surface area contributed by atoms with E-state index in [4.69, 9.17) is 5.73 Å². The second kappa shape index (κ2) is 6.37. The highest BCUT2D eigenvalue weighted by molar-refractivity contribution is 7.17. The number of benzene rings is 1. The van der Waals surface area contributed by atoms with Gasteiger partial charge in [-0.05, 0) is 43.2 Å². The molecule has 0 saturated carbocycles. The molecule has 0 aliphatic carbocycles. The van der Waals surface area contributed by atoms with Crippen LogP contribution in [0.3, 0.4) is 0 Å². The Hall–Kier alpha value is -1.72. The van der Waals surface area contributed by atoms with Crippen LogP contribution in [0.4, 0.5) is 4.39 Å². The van der Waals surface area contributed by atoms with E-state index >= 15 is 0 Å². The second-order valence-corrected chi connectivity index (χ2v) is 6.18. The monoisotopic (exact) mass is 306 g/mol. The lowest BCUT2D eigenvalue weighted by Crippen LogP contribution is -2.39. The van der Waals surface area contributed by atoms with Gasteiger partial charge in [0.1, 0.15) is 5.82 Å². The van der Waals surface area contributed by atoms with Gasteiger partial charge in [0, 0.05) is 24.5 Å². The average molecular weight is 306 g/mol. The Morgan fingerprint density at radius 1 is 1.38 bits per heavy atom. The summed E-state index contributed by atoms with van der Waals surface area (Å²) < 4.78 is 13.0. The summed E-state index contributed by atoms with van der Waals surface area (Å²) >= 11 is 1.43. The predicted molar refractivity (Wildman–Crippen MR) is 85.1 cm³/mol. The maximum absolute atomic E-state index is 13.0. The lowest BCUT2D eigenvalue weighted by molar-refractivity contribution is 0.0753. The largest absolute Gasteiger partial charge is 0.337 e. The Kier molecular flexibility index (Phi) is 4.75. The van der Waals surface area contributed by atoms with Gasteiger partial charge < -0.3 is 10.6 Å². The maximum Gasteiger partial charge on any atom is 0.263 e. The van der Waals surface area contributed by atoms with E-state index in [0.717, 1.165) is 16.0 Å². The molecule has 1 amide bonds. The molecule has 0 aliphatic rings. The van der Waals surface area contributed by atoms with Crippen LogP contribution in [0.5, 0.6) is 0 Å². The fourth-order valence-electron chi connectivity index (χ4n) is 2.01. The third-order valence-electron chi connectivity index (χ3n) is 3.56. The smallest absolute Gasteiger partial charge is 0.263 e. The molecular formula is C16H19FN2OS. The molecule has 0 spiro atoms. The lowest BCUT2D eigenvalue weighted by Gasteiger charge is -2.22. The Bertz CT molecular complexity index is 636. The molecule has 0 aliphatic heterocycles. The van der Waals surface area contributed by atoms with E-state index in [9.17, 15) is 9.18 Å². The number of rotatable bonds is 4. The van der Waals surface area contributed by atoms with E-state index in [1.54, 1.807) is 24.1 Å². The Morgan fingerprint density at radius 3 is 2.57 bits per heavy atom. The van der Waals surface area contributed by atoms with E-state index in [-0.39, 0.29) is 17.8 Å². The van der Waals surface area contributed by atoms with Gasteiger partial charge >= 0.3 is 0 Å². The number of nitrogens with two attached hydrogens (primary N) is 1. The fraction of sp³-hybridized carbons (Fsp3) is 0.312. The first kappa shape index (κ1) is 15.7. The van der Waals surface area contributed by atoms with Gasteiger partial charge in [-0.15, -0.1) is 11.3 Å². The van der Waals surface area contributed by atoms with E-state index in [0.29, 0.717) is 11.4 Å². The van der Waals surface area contributed by atoms with Crippen LogP contribution in [0, 0.1) is 12.7 Å². The molecule has 0 fully saturated rings. The number of hydrogen-bond acceptors (Lipinski definition) is 3. The average Bonchev–Trinajstić information content (AvgIpc) is 2.87. The van der Waals surface area contributed by atoms with Crippen LogP contribution in [0.1, 0.15) is 22.2 Å². The summed E-state index contributed by atoms with van der Waals surface area (Å²) in [5.74, 6) is -0.296. The molecule has 1 atom stereocenters. The number of likely N-dealkylation sites (N-methyl/N-ethyl adjacent to an activating group) is 1. The molecule has 2 N–H and O–H groups in total. The molecule has 2 aromatic rings. The summed E-state index contributed by atoms with van der Waals surface area (Å²) in [6.07, 6.45) is 0. The topological polar surface area (TPSA) is 46.3 Å². The zero-order valence-electron chi connectivity index (χ0n) is 12.4. The molecule has 1 heterocycles. The first-order chi connectivity index (χ1) is 9.93. The van der Waals surface area contributed by atoms with Crippen molar-refractivity contribution < 1.29 is 9.18 Å². The molecule has 1 unspecified atom stereocenters. The minimum atomic E-state index is -0.263. The summed E-state index contributed by atoms with van der Waals surface area (Å²) in [5, 5.41) is 0. The molecule has 2 rings (SSSR count). The molecule has 1 aromatic carbocycles. The van der Waals surface area contributed by atoms with Crippen molar-refractivity contribution in [3.63, 3.8) is 0 Å². The molecule has 21 heavy (non-hydrogen) atoms. The number of hydrogen-bond donors (Lipinski definition) is 1. The first-order valence-electron chi connectivity index (χ1n) is 6.77. The normalized spacial score (nSPS) is 12.2. The SMILES string of the molecule is Cc1cc(C(=O)N(C)C(C)CN)sc1-c1ccc(F)cc1. The number of carbonyl (C=O) groups is 1. The standard InChI is InChI=1S/C16H19FN2OS/c1-10-8-14(16(20)19(3)11(2)9-18)21-15(10)12-4-6-13(17)7-5-12/h4-8,11H,9,18H2,1-3H3. The van der Waals surface area contributed by atoms with Crippen LogP contribution in [0.2, 0.25) is 0 Å². The first-order valence-corrected chi connectivity index (χ1v) is 7.59. The third kappa shape index (κ3) is 3.31. The van der Waals surface area contributed by atoms with Gasteiger partial charge in [-0.2, -0.15) is 0 Å². The Morgan fingerprint density at radius 2 is 2.00 bits per heavy atom. The number of thiophene rings is 1. The number of carbonyl (C=O) groups excluding carboxylic acids is 1. The fourth-order valence-corrected chi connectivity index (χ4v) is 3.17. The number of nitrogens with zero attached hydrogens (tertiary/aromatic N) is 1. The summed E-state index contributed by atoms with van der Waals surface area (Å²) in [7, 11) is 1.76. The summed E-state index contributed by atoms with van der Waals surface area (Å²) in [4.78, 5) is 15.7. The van der Waals surface area contributed by atoms with Crippen molar-refractivity contribution in [3.8, 4) is 10.4 Å². The van der Waals surface area contributed by atoms with Crippen LogP contribution in [0.15, 0.2) is 30.3 Å². The van der Waals surface area contributed by atoms with E-state index in [1.165, 1.54) is 23.5 Å². The molecular weight excluding hydrogens is 287 g/mol. The minimum Gasteiger partial charge on any atom is -0.337 e. The number of halogens is 1. The molecule has 3 nitrogen and oxygen atoms in total. The van der Waals surface area contributed by atoms with Gasteiger partial charge in [-0.1, -0.05) is 12.1 Å². The predicted octanol–water partition coefficient (Wildman–Crippen LogP) is 3.28. The van der Waals surface area contributed by atoms with Crippen molar-refractivity contribution in [2.75, 3.05) is 13.6 Å². The van der Waals surface area contributed by atoms with E-state index in [1.807, 2.05) is 19.9 Å². The highest BCUT2D eigenvalue weighted by atomic mass is 32.1. The molecule has 0 bridgehead atoms. The van der Waals surface area contributed by atoms with Crippen molar-refractivity contribution in [1.82, 2.24) is 4.90 Å². The summed E-state index contributed by atoms with van der Waals surface area (Å²) in [5.41, 5.74) is 7.54. The van der Waals surface area contributed by atoms with Crippen molar-refractivity contribution in [1.29, 1.82) is 0 Å². The molecule has 0 saturated heterocycles. The van der Waals surface area contributed by atoms with Crippen LogP contribution in [-0.2, 0) is 0 Å². The van der Waals surface area contributed by atoms with Crippen LogP contribution in [0.25, 0.3) is 10.4 Å². The molecule has 5 heteroatoms. The van der Waals surface area contributed by atoms with Gasteiger partial charge in [-0.25, -0.2) is 4.39 Å². The van der Waals surface area contributed by atoms with Crippen LogP contribution < -0.4 is 5.73 Å². The third-order valence-corrected chi connectivity index (χ3v) is 4.83. The summed E-state index contributed by atoms with van der Waals surface area (Å²) in [6, 6.07) is 8.19. The molecule has 0 radical (unpaired) electrons. The zero-order chi connectivity index (χ0) is 15.6.